The minimum atomic E-state index is -0.0969. The Kier molecular flexibility index (Phi) is 3.21. The molecule has 0 aliphatic rings. The second-order valence-electron chi connectivity index (χ2n) is 2.14. The minimum Gasteiger partial charge on any atom is -0.370 e. The first-order valence-electron chi connectivity index (χ1n) is 3.46. The summed E-state index contributed by atoms with van der Waals surface area (Å²) in [6.45, 7) is 0.403. The van der Waals surface area contributed by atoms with E-state index in [9.17, 15) is 0 Å². The third-order valence-electron chi connectivity index (χ3n) is 1.10. The SMILES string of the molecule is NC(N)=NC(N)=NCc1nccs1. The van der Waals surface area contributed by atoms with E-state index in [1.54, 1.807) is 6.20 Å². The molecular formula is C6H10N6S. The van der Waals surface area contributed by atoms with Crippen molar-refractivity contribution in [3.63, 3.8) is 0 Å². The monoisotopic (exact) mass is 198 g/mol. The summed E-state index contributed by atoms with van der Waals surface area (Å²) in [4.78, 5) is 11.5. The first-order valence-corrected chi connectivity index (χ1v) is 4.34. The fraction of sp³-hybridized carbons (Fsp3) is 0.167. The fourth-order valence-electron chi connectivity index (χ4n) is 0.647. The molecule has 0 bridgehead atoms. The zero-order valence-electron chi connectivity index (χ0n) is 6.84. The predicted octanol–water partition coefficient (Wildman–Crippen LogP) is -0.769. The summed E-state index contributed by atoms with van der Waals surface area (Å²) in [6.07, 6.45) is 1.70. The molecule has 1 aromatic rings. The molecule has 13 heavy (non-hydrogen) atoms. The second kappa shape index (κ2) is 4.41. The van der Waals surface area contributed by atoms with Crippen LogP contribution in [-0.2, 0) is 6.54 Å². The smallest absolute Gasteiger partial charge is 0.218 e. The van der Waals surface area contributed by atoms with Gasteiger partial charge in [0.05, 0.1) is 6.54 Å². The molecule has 1 aromatic heterocycles. The van der Waals surface area contributed by atoms with Gasteiger partial charge in [0, 0.05) is 11.6 Å². The standard InChI is InChI=1S/C6H10N6S/c7-5(8)12-6(9)11-3-4-10-1-2-13-4/h1-2H,3H2,(H6,7,8,9,11,12). The molecule has 1 heterocycles. The summed E-state index contributed by atoms with van der Waals surface area (Å²) >= 11 is 1.50. The number of aliphatic imine (C=N–C) groups is 2. The molecule has 7 heteroatoms. The molecule has 6 N–H and O–H groups in total. The Balaban J connectivity index is 2.53. The van der Waals surface area contributed by atoms with Crippen LogP contribution in [0.4, 0.5) is 0 Å². The summed E-state index contributed by atoms with van der Waals surface area (Å²) in [5, 5.41) is 2.73. The van der Waals surface area contributed by atoms with Gasteiger partial charge in [0.2, 0.25) is 5.96 Å². The van der Waals surface area contributed by atoms with Gasteiger partial charge in [0.1, 0.15) is 5.01 Å². The van der Waals surface area contributed by atoms with Crippen LogP contribution in [-0.4, -0.2) is 16.9 Å². The van der Waals surface area contributed by atoms with Gasteiger partial charge in [0.15, 0.2) is 5.96 Å². The lowest BCUT2D eigenvalue weighted by atomic mass is 10.7. The van der Waals surface area contributed by atoms with E-state index in [-0.39, 0.29) is 11.9 Å². The molecule has 0 spiro atoms. The van der Waals surface area contributed by atoms with Gasteiger partial charge in [-0.2, -0.15) is 4.99 Å². The van der Waals surface area contributed by atoms with E-state index in [0.717, 1.165) is 5.01 Å². The van der Waals surface area contributed by atoms with E-state index in [1.807, 2.05) is 5.38 Å². The van der Waals surface area contributed by atoms with E-state index in [1.165, 1.54) is 11.3 Å². The number of thiazole rings is 1. The second-order valence-corrected chi connectivity index (χ2v) is 3.12. The minimum absolute atomic E-state index is 0.0650. The molecule has 0 fully saturated rings. The molecule has 0 aliphatic heterocycles. The molecule has 0 atom stereocenters. The average Bonchev–Trinajstić information content (AvgIpc) is 2.51. The van der Waals surface area contributed by atoms with Crippen molar-refractivity contribution in [2.75, 3.05) is 0 Å². The number of guanidine groups is 2. The third-order valence-corrected chi connectivity index (χ3v) is 1.87. The van der Waals surface area contributed by atoms with Gasteiger partial charge in [-0.05, 0) is 0 Å². The normalized spacial score (nSPS) is 11.2. The number of hydrogen-bond acceptors (Lipinski definition) is 3. The first-order chi connectivity index (χ1) is 6.18. The van der Waals surface area contributed by atoms with E-state index >= 15 is 0 Å². The Morgan fingerprint density at radius 3 is 2.77 bits per heavy atom. The molecule has 1 rings (SSSR count). The van der Waals surface area contributed by atoms with Gasteiger partial charge in [0.25, 0.3) is 0 Å². The zero-order chi connectivity index (χ0) is 9.68. The largest absolute Gasteiger partial charge is 0.370 e. The fourth-order valence-corrected chi connectivity index (χ4v) is 1.19. The van der Waals surface area contributed by atoms with Gasteiger partial charge in [-0.25, -0.2) is 9.98 Å². The van der Waals surface area contributed by atoms with Crippen LogP contribution in [0.3, 0.4) is 0 Å². The third kappa shape index (κ3) is 3.52. The maximum atomic E-state index is 5.37. The van der Waals surface area contributed by atoms with Crippen molar-refractivity contribution in [3.8, 4) is 0 Å². The molecule has 0 radical (unpaired) electrons. The molecule has 0 unspecified atom stereocenters. The Morgan fingerprint density at radius 1 is 1.46 bits per heavy atom. The van der Waals surface area contributed by atoms with Crippen LogP contribution in [0.15, 0.2) is 21.6 Å². The number of nitrogens with zero attached hydrogens (tertiary/aromatic N) is 3. The van der Waals surface area contributed by atoms with Crippen molar-refractivity contribution >= 4 is 23.3 Å². The lowest BCUT2D eigenvalue weighted by Crippen LogP contribution is -2.26. The van der Waals surface area contributed by atoms with E-state index in [0.29, 0.717) is 6.54 Å². The van der Waals surface area contributed by atoms with Crippen molar-refractivity contribution in [3.05, 3.63) is 16.6 Å². The van der Waals surface area contributed by atoms with Crippen LogP contribution in [0.2, 0.25) is 0 Å². The molecule has 0 saturated heterocycles. The molecule has 6 nitrogen and oxygen atoms in total. The van der Waals surface area contributed by atoms with Crippen LogP contribution >= 0.6 is 11.3 Å². The van der Waals surface area contributed by atoms with Gasteiger partial charge in [-0.15, -0.1) is 11.3 Å². The van der Waals surface area contributed by atoms with Crippen LogP contribution in [0, 0.1) is 0 Å². The predicted molar refractivity (Wildman–Crippen MR) is 53.3 cm³/mol. The topological polar surface area (TPSA) is 116 Å². The van der Waals surface area contributed by atoms with Crippen LogP contribution in [0.5, 0.6) is 0 Å². The maximum absolute atomic E-state index is 5.37. The van der Waals surface area contributed by atoms with Gasteiger partial charge in [-0.3, -0.25) is 0 Å². The van der Waals surface area contributed by atoms with Crippen molar-refractivity contribution in [2.24, 2.45) is 27.2 Å². The molecule has 70 valence electrons. The van der Waals surface area contributed by atoms with Gasteiger partial charge >= 0.3 is 0 Å². The highest BCUT2D eigenvalue weighted by Crippen LogP contribution is 2.04. The zero-order valence-corrected chi connectivity index (χ0v) is 7.66. The van der Waals surface area contributed by atoms with Crippen LogP contribution < -0.4 is 17.2 Å². The lowest BCUT2D eigenvalue weighted by molar-refractivity contribution is 1.03. The first kappa shape index (κ1) is 9.46. The number of hydrogen-bond donors (Lipinski definition) is 3. The van der Waals surface area contributed by atoms with Crippen molar-refractivity contribution in [1.82, 2.24) is 4.98 Å². The highest BCUT2D eigenvalue weighted by atomic mass is 32.1. The lowest BCUT2D eigenvalue weighted by Gasteiger charge is -1.92. The van der Waals surface area contributed by atoms with Crippen LogP contribution in [0.25, 0.3) is 0 Å². The van der Waals surface area contributed by atoms with E-state index < -0.39 is 0 Å². The van der Waals surface area contributed by atoms with Crippen LogP contribution in [0.1, 0.15) is 5.01 Å². The van der Waals surface area contributed by atoms with E-state index in [4.69, 9.17) is 17.2 Å². The summed E-state index contributed by atoms with van der Waals surface area (Å²) in [5.74, 6) is -0.0319. The van der Waals surface area contributed by atoms with Crippen molar-refractivity contribution in [1.29, 1.82) is 0 Å². The molecular weight excluding hydrogens is 188 g/mol. The molecule has 0 aliphatic carbocycles. The number of nitrogens with two attached hydrogens (primary N) is 3. The molecule has 0 amide bonds. The Hall–Kier alpha value is -1.63. The highest BCUT2D eigenvalue weighted by molar-refractivity contribution is 7.09. The highest BCUT2D eigenvalue weighted by Gasteiger charge is 1.93. The maximum Gasteiger partial charge on any atom is 0.218 e. The number of aromatic nitrogens is 1. The molecule has 0 aromatic carbocycles. The summed E-state index contributed by atoms with van der Waals surface area (Å²) < 4.78 is 0. The van der Waals surface area contributed by atoms with Gasteiger partial charge in [-0.1, -0.05) is 0 Å². The van der Waals surface area contributed by atoms with Crippen molar-refractivity contribution < 1.29 is 0 Å². The Morgan fingerprint density at radius 2 is 2.23 bits per heavy atom. The summed E-state index contributed by atoms with van der Waals surface area (Å²) in [7, 11) is 0. The summed E-state index contributed by atoms with van der Waals surface area (Å²) in [6, 6.07) is 0. The molecule has 0 saturated carbocycles. The quantitative estimate of drug-likeness (QED) is 0.427. The van der Waals surface area contributed by atoms with Crippen molar-refractivity contribution in [2.45, 2.75) is 6.54 Å². The van der Waals surface area contributed by atoms with E-state index in [2.05, 4.69) is 15.0 Å². The van der Waals surface area contributed by atoms with Gasteiger partial charge < -0.3 is 17.2 Å². The summed E-state index contributed by atoms with van der Waals surface area (Å²) in [5.41, 5.74) is 15.6. The Bertz CT molecular complexity index is 310. The number of rotatable bonds is 2. The average molecular weight is 198 g/mol. The Labute approximate surface area is 79.2 Å².